The molecule has 1 unspecified atom stereocenters. The Labute approximate surface area is 158 Å². The highest BCUT2D eigenvalue weighted by molar-refractivity contribution is 6.32. The monoisotopic (exact) mass is 379 g/mol. The molecular weight excluding hydrogens is 357 g/mol. The Bertz CT molecular complexity index is 749. The van der Waals surface area contributed by atoms with Crippen molar-refractivity contribution in [1.82, 2.24) is 5.32 Å². The summed E-state index contributed by atoms with van der Waals surface area (Å²) in [6, 6.07) is 9.74. The zero-order valence-corrected chi connectivity index (χ0v) is 15.9. The largest absolute Gasteiger partial charge is 0.493 e. The van der Waals surface area contributed by atoms with Gasteiger partial charge in [0.15, 0.2) is 11.5 Å². The molecule has 0 heterocycles. The van der Waals surface area contributed by atoms with E-state index < -0.39 is 0 Å². The van der Waals surface area contributed by atoms with Crippen LogP contribution in [0, 0.1) is 5.82 Å². The standard InChI is InChI=1S/C20H23ClFNO3/c1-4-26-20-17(21)10-14(11-18(20)25-3)12-23-19(24)9-13(2)15-5-7-16(22)8-6-15/h5-8,10-11,13H,4,9,12H2,1-3H3,(H,23,24). The van der Waals surface area contributed by atoms with Gasteiger partial charge < -0.3 is 14.8 Å². The SMILES string of the molecule is CCOc1c(Cl)cc(CNC(=O)CC(C)c2ccc(F)cc2)cc1OC. The molecule has 0 saturated carbocycles. The Hall–Kier alpha value is -2.27. The average molecular weight is 380 g/mol. The summed E-state index contributed by atoms with van der Waals surface area (Å²) < 4.78 is 23.8. The fourth-order valence-electron chi connectivity index (χ4n) is 2.62. The molecule has 140 valence electrons. The van der Waals surface area contributed by atoms with Crippen molar-refractivity contribution in [3.05, 3.63) is 58.4 Å². The van der Waals surface area contributed by atoms with E-state index in [0.29, 0.717) is 36.1 Å². The first-order chi connectivity index (χ1) is 12.4. The van der Waals surface area contributed by atoms with E-state index in [4.69, 9.17) is 21.1 Å². The van der Waals surface area contributed by atoms with E-state index >= 15 is 0 Å². The number of ether oxygens (including phenoxy) is 2. The summed E-state index contributed by atoms with van der Waals surface area (Å²) in [5.74, 6) is 0.645. The van der Waals surface area contributed by atoms with Crippen LogP contribution in [-0.4, -0.2) is 19.6 Å². The lowest BCUT2D eigenvalue weighted by molar-refractivity contribution is -0.121. The maximum atomic E-state index is 13.0. The molecule has 1 N–H and O–H groups in total. The van der Waals surface area contributed by atoms with E-state index in [2.05, 4.69) is 5.32 Å². The second kappa shape index (κ2) is 9.43. The fourth-order valence-corrected chi connectivity index (χ4v) is 2.91. The minimum atomic E-state index is -0.285. The Morgan fingerprint density at radius 3 is 2.58 bits per heavy atom. The summed E-state index contributed by atoms with van der Waals surface area (Å²) in [6.07, 6.45) is 0.313. The van der Waals surface area contributed by atoms with Crippen molar-refractivity contribution in [2.75, 3.05) is 13.7 Å². The van der Waals surface area contributed by atoms with E-state index in [1.807, 2.05) is 13.8 Å². The topological polar surface area (TPSA) is 47.6 Å². The zero-order chi connectivity index (χ0) is 19.1. The summed E-state index contributed by atoms with van der Waals surface area (Å²) in [5.41, 5.74) is 1.74. The molecule has 0 fully saturated rings. The fraction of sp³-hybridized carbons (Fsp3) is 0.350. The maximum Gasteiger partial charge on any atom is 0.220 e. The van der Waals surface area contributed by atoms with Gasteiger partial charge in [0.2, 0.25) is 5.91 Å². The van der Waals surface area contributed by atoms with E-state index in [1.54, 1.807) is 31.4 Å². The van der Waals surface area contributed by atoms with E-state index in [9.17, 15) is 9.18 Å². The molecule has 6 heteroatoms. The maximum absolute atomic E-state index is 13.0. The van der Waals surface area contributed by atoms with Crippen LogP contribution in [0.5, 0.6) is 11.5 Å². The Kier molecular flexibility index (Phi) is 7.27. The van der Waals surface area contributed by atoms with Gasteiger partial charge >= 0.3 is 0 Å². The molecule has 4 nitrogen and oxygen atoms in total. The van der Waals surface area contributed by atoms with Crippen molar-refractivity contribution in [3.63, 3.8) is 0 Å². The molecule has 0 bridgehead atoms. The Balaban J connectivity index is 1.96. The second-order valence-electron chi connectivity index (χ2n) is 5.98. The lowest BCUT2D eigenvalue weighted by atomic mass is 9.97. The van der Waals surface area contributed by atoms with Gasteiger partial charge in [-0.15, -0.1) is 0 Å². The number of hydrogen-bond acceptors (Lipinski definition) is 3. The number of halogens is 2. The van der Waals surface area contributed by atoms with E-state index in [1.165, 1.54) is 12.1 Å². The quantitative estimate of drug-likeness (QED) is 0.723. The molecule has 2 aromatic carbocycles. The van der Waals surface area contributed by atoms with Crippen LogP contribution in [0.4, 0.5) is 4.39 Å². The minimum absolute atomic E-state index is 0.00551. The summed E-state index contributed by atoms with van der Waals surface area (Å²) in [5, 5.41) is 3.31. The van der Waals surface area contributed by atoms with Crippen LogP contribution < -0.4 is 14.8 Å². The van der Waals surface area contributed by atoms with Gasteiger partial charge in [-0.1, -0.05) is 30.7 Å². The van der Waals surface area contributed by atoms with Crippen molar-refractivity contribution < 1.29 is 18.7 Å². The van der Waals surface area contributed by atoms with Crippen LogP contribution in [0.1, 0.15) is 37.3 Å². The highest BCUT2D eigenvalue weighted by Crippen LogP contribution is 2.36. The second-order valence-corrected chi connectivity index (χ2v) is 6.38. The summed E-state index contributed by atoms with van der Waals surface area (Å²) in [4.78, 5) is 12.2. The van der Waals surface area contributed by atoms with Crippen LogP contribution in [0.2, 0.25) is 5.02 Å². The average Bonchev–Trinajstić information content (AvgIpc) is 2.62. The molecule has 0 aliphatic rings. The molecule has 0 aromatic heterocycles. The van der Waals surface area contributed by atoms with Crippen molar-refractivity contribution in [2.24, 2.45) is 0 Å². The number of amides is 1. The van der Waals surface area contributed by atoms with Crippen molar-refractivity contribution in [2.45, 2.75) is 32.7 Å². The summed E-state index contributed by atoms with van der Waals surface area (Å²) >= 11 is 6.24. The number of carbonyl (C=O) groups is 1. The Morgan fingerprint density at radius 2 is 1.96 bits per heavy atom. The van der Waals surface area contributed by atoms with Crippen molar-refractivity contribution >= 4 is 17.5 Å². The molecular formula is C20H23ClFNO3. The highest BCUT2D eigenvalue weighted by atomic mass is 35.5. The number of rotatable bonds is 8. The lowest BCUT2D eigenvalue weighted by Gasteiger charge is -2.15. The number of hydrogen-bond donors (Lipinski definition) is 1. The predicted octanol–water partition coefficient (Wildman–Crippen LogP) is 4.70. The number of benzene rings is 2. The number of nitrogens with one attached hydrogen (secondary N) is 1. The van der Waals surface area contributed by atoms with Crippen LogP contribution >= 0.6 is 11.6 Å². The molecule has 26 heavy (non-hydrogen) atoms. The number of methoxy groups -OCH3 is 1. The third kappa shape index (κ3) is 5.36. The predicted molar refractivity (Wildman–Crippen MR) is 100 cm³/mol. The molecule has 0 spiro atoms. The van der Waals surface area contributed by atoms with Crippen LogP contribution in [-0.2, 0) is 11.3 Å². The molecule has 1 amide bonds. The first-order valence-corrected chi connectivity index (χ1v) is 8.83. The van der Waals surface area contributed by atoms with Crippen molar-refractivity contribution in [3.8, 4) is 11.5 Å². The van der Waals surface area contributed by atoms with Crippen molar-refractivity contribution in [1.29, 1.82) is 0 Å². The normalized spacial score (nSPS) is 11.7. The molecule has 2 rings (SSSR count). The molecule has 0 aliphatic carbocycles. The molecule has 2 aromatic rings. The van der Waals surface area contributed by atoms with Gasteiger partial charge in [-0.25, -0.2) is 4.39 Å². The lowest BCUT2D eigenvalue weighted by Crippen LogP contribution is -2.24. The molecule has 0 radical (unpaired) electrons. The van der Waals surface area contributed by atoms with Gasteiger partial charge in [-0.3, -0.25) is 4.79 Å². The molecule has 1 atom stereocenters. The van der Waals surface area contributed by atoms with Crippen LogP contribution in [0.15, 0.2) is 36.4 Å². The van der Waals surface area contributed by atoms with Gasteiger partial charge in [-0.05, 0) is 48.2 Å². The van der Waals surface area contributed by atoms with Gasteiger partial charge in [-0.2, -0.15) is 0 Å². The minimum Gasteiger partial charge on any atom is -0.493 e. The van der Waals surface area contributed by atoms with Gasteiger partial charge in [0, 0.05) is 13.0 Å². The van der Waals surface area contributed by atoms with Gasteiger partial charge in [0.25, 0.3) is 0 Å². The van der Waals surface area contributed by atoms with Gasteiger partial charge in [0.05, 0.1) is 18.7 Å². The molecule has 0 aliphatic heterocycles. The number of carbonyl (C=O) groups excluding carboxylic acids is 1. The third-order valence-corrected chi connectivity index (χ3v) is 4.28. The highest BCUT2D eigenvalue weighted by Gasteiger charge is 2.14. The van der Waals surface area contributed by atoms with Crippen LogP contribution in [0.3, 0.4) is 0 Å². The van der Waals surface area contributed by atoms with Gasteiger partial charge in [0.1, 0.15) is 5.82 Å². The Morgan fingerprint density at radius 1 is 1.27 bits per heavy atom. The molecule has 0 saturated heterocycles. The third-order valence-electron chi connectivity index (χ3n) is 4.00. The zero-order valence-electron chi connectivity index (χ0n) is 15.1. The summed E-state index contributed by atoms with van der Waals surface area (Å²) in [6.45, 7) is 4.61. The smallest absolute Gasteiger partial charge is 0.220 e. The summed E-state index contributed by atoms with van der Waals surface area (Å²) in [7, 11) is 1.54. The van der Waals surface area contributed by atoms with Crippen LogP contribution in [0.25, 0.3) is 0 Å². The first kappa shape index (κ1) is 20.0. The van der Waals surface area contributed by atoms with E-state index in [0.717, 1.165) is 11.1 Å². The van der Waals surface area contributed by atoms with E-state index in [-0.39, 0.29) is 17.6 Å². The first-order valence-electron chi connectivity index (χ1n) is 8.46.